The molecule has 0 saturated heterocycles. The highest BCUT2D eigenvalue weighted by molar-refractivity contribution is 6.08. The highest BCUT2D eigenvalue weighted by Gasteiger charge is 2.24. The molecule has 1 unspecified atom stereocenters. The number of ether oxygens (including phenoxy) is 1. The van der Waals surface area contributed by atoms with Crippen molar-refractivity contribution >= 4 is 23.1 Å². The maximum atomic E-state index is 12.1. The molecule has 4 rings (SSSR count). The van der Waals surface area contributed by atoms with Crippen LogP contribution in [0, 0.1) is 5.92 Å². The molecule has 1 aliphatic rings. The Balaban J connectivity index is 1.92. The van der Waals surface area contributed by atoms with Gasteiger partial charge in [0.1, 0.15) is 12.0 Å². The van der Waals surface area contributed by atoms with E-state index >= 15 is 0 Å². The Bertz CT molecular complexity index is 1000. The largest absolute Gasteiger partial charge is 0.497 e. The molecule has 1 aromatic heterocycles. The second kappa shape index (κ2) is 6.33. The molecule has 0 aliphatic heterocycles. The third-order valence-electron chi connectivity index (χ3n) is 5.22. The molecule has 0 radical (unpaired) electrons. The fourth-order valence-electron chi connectivity index (χ4n) is 3.80. The van der Waals surface area contributed by atoms with E-state index in [2.05, 4.69) is 11.1 Å². The van der Waals surface area contributed by atoms with Gasteiger partial charge >= 0.3 is 0 Å². The van der Waals surface area contributed by atoms with Crippen LogP contribution in [0.1, 0.15) is 28.0 Å². The molecule has 26 heavy (non-hydrogen) atoms. The molecule has 0 fully saturated rings. The number of nitrogens with one attached hydrogen (secondary N) is 1. The lowest BCUT2D eigenvalue weighted by molar-refractivity contribution is -0.111. The highest BCUT2D eigenvalue weighted by Crippen LogP contribution is 2.36. The number of amides is 1. The van der Waals surface area contributed by atoms with Crippen LogP contribution in [0.3, 0.4) is 0 Å². The summed E-state index contributed by atoms with van der Waals surface area (Å²) in [5.74, 6) is 0.344. The summed E-state index contributed by atoms with van der Waals surface area (Å²) < 4.78 is 5.21. The number of carbonyl (C=O) groups is 2. The Kier molecular flexibility index (Phi) is 3.99. The Morgan fingerprint density at radius 1 is 1.23 bits per heavy atom. The molecular weight excluding hydrogens is 328 g/mol. The second-order valence-corrected chi connectivity index (χ2v) is 6.76. The molecule has 0 spiro atoms. The molecule has 2 aromatic carbocycles. The number of carbonyl (C=O) groups excluding carboxylic acids is 2. The Hall–Kier alpha value is -3.08. The average molecular weight is 348 g/mol. The Morgan fingerprint density at radius 3 is 2.65 bits per heavy atom. The van der Waals surface area contributed by atoms with Crippen molar-refractivity contribution in [3.8, 4) is 16.9 Å². The van der Waals surface area contributed by atoms with E-state index in [1.54, 1.807) is 7.11 Å². The SMILES string of the molecule is COc1ccc(-c2cc(C(N)=O)c3[nH]c4c(c3c2)CC(C=O)CC4)cc1. The van der Waals surface area contributed by atoms with Crippen molar-refractivity contribution in [2.45, 2.75) is 19.3 Å². The van der Waals surface area contributed by atoms with Crippen molar-refractivity contribution in [2.24, 2.45) is 11.7 Å². The quantitative estimate of drug-likeness (QED) is 0.710. The number of aldehydes is 1. The van der Waals surface area contributed by atoms with Crippen molar-refractivity contribution in [3.63, 3.8) is 0 Å². The summed E-state index contributed by atoms with van der Waals surface area (Å²) in [6.45, 7) is 0. The van der Waals surface area contributed by atoms with E-state index in [-0.39, 0.29) is 5.92 Å². The van der Waals surface area contributed by atoms with Crippen LogP contribution in [0.15, 0.2) is 36.4 Å². The van der Waals surface area contributed by atoms with Crippen LogP contribution in [0.4, 0.5) is 0 Å². The van der Waals surface area contributed by atoms with Crippen molar-refractivity contribution in [3.05, 3.63) is 53.2 Å². The van der Waals surface area contributed by atoms with Gasteiger partial charge in [0.2, 0.25) is 0 Å². The van der Waals surface area contributed by atoms with Crippen molar-refractivity contribution in [1.82, 2.24) is 4.98 Å². The average Bonchev–Trinajstić information content (AvgIpc) is 3.04. The van der Waals surface area contributed by atoms with Gasteiger partial charge in [-0.2, -0.15) is 0 Å². The maximum absolute atomic E-state index is 12.1. The van der Waals surface area contributed by atoms with Gasteiger partial charge in [-0.1, -0.05) is 12.1 Å². The summed E-state index contributed by atoms with van der Waals surface area (Å²) in [7, 11) is 1.63. The predicted octanol–water partition coefficient (Wildman–Crippen LogP) is 3.25. The van der Waals surface area contributed by atoms with Gasteiger partial charge in [0.15, 0.2) is 0 Å². The molecule has 0 bridgehead atoms. The van der Waals surface area contributed by atoms with Crippen LogP contribution in [0.2, 0.25) is 0 Å². The number of aromatic amines is 1. The number of H-pyrrole nitrogens is 1. The topological polar surface area (TPSA) is 85.2 Å². The molecule has 1 aliphatic carbocycles. The molecule has 1 heterocycles. The summed E-state index contributed by atoms with van der Waals surface area (Å²) in [5.41, 5.74) is 11.0. The lowest BCUT2D eigenvalue weighted by Crippen LogP contribution is -2.14. The lowest BCUT2D eigenvalue weighted by Gasteiger charge is -2.17. The first-order valence-corrected chi connectivity index (χ1v) is 8.67. The molecule has 1 amide bonds. The first-order valence-electron chi connectivity index (χ1n) is 8.67. The van der Waals surface area contributed by atoms with E-state index < -0.39 is 5.91 Å². The number of aromatic nitrogens is 1. The molecule has 0 saturated carbocycles. The number of primary amides is 1. The Morgan fingerprint density at radius 2 is 2.00 bits per heavy atom. The first-order chi connectivity index (χ1) is 12.6. The van der Waals surface area contributed by atoms with Gasteiger partial charge < -0.3 is 20.2 Å². The molecule has 132 valence electrons. The van der Waals surface area contributed by atoms with Crippen LogP contribution in [-0.2, 0) is 17.6 Å². The number of hydrogen-bond donors (Lipinski definition) is 2. The van der Waals surface area contributed by atoms with Gasteiger partial charge in [0.25, 0.3) is 5.91 Å². The third kappa shape index (κ3) is 2.65. The van der Waals surface area contributed by atoms with Crippen LogP contribution in [0.5, 0.6) is 5.75 Å². The molecular formula is C21H20N2O3. The molecule has 3 N–H and O–H groups in total. The normalized spacial score (nSPS) is 16.3. The number of aryl methyl sites for hydroxylation is 1. The number of benzene rings is 2. The predicted molar refractivity (Wildman–Crippen MR) is 100 cm³/mol. The summed E-state index contributed by atoms with van der Waals surface area (Å²) in [6.07, 6.45) is 3.37. The number of hydrogen-bond acceptors (Lipinski definition) is 3. The van der Waals surface area contributed by atoms with Crippen LogP contribution in [0.25, 0.3) is 22.0 Å². The molecule has 5 nitrogen and oxygen atoms in total. The van der Waals surface area contributed by atoms with Crippen molar-refractivity contribution < 1.29 is 14.3 Å². The van der Waals surface area contributed by atoms with E-state index in [4.69, 9.17) is 10.5 Å². The van der Waals surface area contributed by atoms with Crippen LogP contribution < -0.4 is 10.5 Å². The van der Waals surface area contributed by atoms with E-state index in [0.717, 1.165) is 58.2 Å². The minimum Gasteiger partial charge on any atom is -0.497 e. The minimum atomic E-state index is -0.462. The fourth-order valence-corrected chi connectivity index (χ4v) is 3.80. The van der Waals surface area contributed by atoms with Crippen molar-refractivity contribution in [1.29, 1.82) is 0 Å². The monoisotopic (exact) mass is 348 g/mol. The maximum Gasteiger partial charge on any atom is 0.250 e. The van der Waals surface area contributed by atoms with Gasteiger partial charge in [-0.15, -0.1) is 0 Å². The lowest BCUT2D eigenvalue weighted by atomic mass is 9.86. The summed E-state index contributed by atoms with van der Waals surface area (Å²) in [4.78, 5) is 26.7. The zero-order valence-electron chi connectivity index (χ0n) is 14.5. The molecule has 5 heteroatoms. The van der Waals surface area contributed by atoms with E-state index in [9.17, 15) is 9.59 Å². The van der Waals surface area contributed by atoms with Crippen molar-refractivity contribution in [2.75, 3.05) is 7.11 Å². The van der Waals surface area contributed by atoms with Crippen LogP contribution in [-0.4, -0.2) is 24.3 Å². The van der Waals surface area contributed by atoms with E-state index in [0.29, 0.717) is 12.0 Å². The van der Waals surface area contributed by atoms with Gasteiger partial charge in [-0.25, -0.2) is 0 Å². The highest BCUT2D eigenvalue weighted by atomic mass is 16.5. The molecule has 3 aromatic rings. The zero-order chi connectivity index (χ0) is 18.3. The van der Waals surface area contributed by atoms with Gasteiger partial charge in [-0.05, 0) is 60.2 Å². The van der Waals surface area contributed by atoms with Crippen LogP contribution >= 0.6 is 0 Å². The smallest absolute Gasteiger partial charge is 0.250 e. The second-order valence-electron chi connectivity index (χ2n) is 6.76. The standard InChI is InChI=1S/C21H20N2O3/c1-26-15-5-3-13(4-6-15)14-9-17-16-8-12(11-24)2-7-19(16)23-20(17)18(10-14)21(22)25/h3-6,9-12,23H,2,7-8H2,1H3,(H2,22,25). The van der Waals surface area contributed by atoms with E-state index in [1.807, 2.05) is 30.3 Å². The number of methoxy groups -OCH3 is 1. The van der Waals surface area contributed by atoms with Gasteiger partial charge in [-0.3, -0.25) is 4.79 Å². The number of fused-ring (bicyclic) bond motifs is 3. The number of rotatable bonds is 4. The van der Waals surface area contributed by atoms with Gasteiger partial charge in [0.05, 0.1) is 18.2 Å². The zero-order valence-corrected chi connectivity index (χ0v) is 14.5. The Labute approximate surface area is 151 Å². The summed E-state index contributed by atoms with van der Waals surface area (Å²) in [6, 6.07) is 11.6. The summed E-state index contributed by atoms with van der Waals surface area (Å²) >= 11 is 0. The third-order valence-corrected chi connectivity index (χ3v) is 5.22. The molecule has 1 atom stereocenters. The van der Waals surface area contributed by atoms with E-state index in [1.165, 1.54) is 0 Å². The number of nitrogens with two attached hydrogens (primary N) is 1. The summed E-state index contributed by atoms with van der Waals surface area (Å²) in [5, 5.41) is 0.980. The fraction of sp³-hybridized carbons (Fsp3) is 0.238. The minimum absolute atomic E-state index is 0.0307. The first kappa shape index (κ1) is 16.4. The van der Waals surface area contributed by atoms with Gasteiger partial charge in [0, 0.05) is 17.0 Å².